The van der Waals surface area contributed by atoms with Crippen LogP contribution in [0.1, 0.15) is 43.5 Å². The van der Waals surface area contributed by atoms with E-state index in [1.807, 2.05) is 26.2 Å². The molecule has 0 spiro atoms. The highest BCUT2D eigenvalue weighted by Gasteiger charge is 2.21. The van der Waals surface area contributed by atoms with Gasteiger partial charge in [0.25, 0.3) is 0 Å². The van der Waals surface area contributed by atoms with Crippen LogP contribution >= 0.6 is 11.3 Å². The molecule has 28 heavy (non-hydrogen) atoms. The molecule has 0 aliphatic heterocycles. The molecule has 0 saturated carbocycles. The van der Waals surface area contributed by atoms with Crippen molar-refractivity contribution in [3.8, 4) is 0 Å². The summed E-state index contributed by atoms with van der Waals surface area (Å²) in [7, 11) is 1.27. The normalized spacial score (nSPS) is 11.4. The van der Waals surface area contributed by atoms with Crippen molar-refractivity contribution < 1.29 is 23.1 Å². The number of aromatic nitrogens is 1. The fourth-order valence-corrected chi connectivity index (χ4v) is 3.39. The Morgan fingerprint density at radius 3 is 2.50 bits per heavy atom. The third-order valence-corrected chi connectivity index (χ3v) is 5.37. The first-order valence-electron chi connectivity index (χ1n) is 8.83. The summed E-state index contributed by atoms with van der Waals surface area (Å²) in [4.78, 5) is 30.2. The number of rotatable bonds is 7. The van der Waals surface area contributed by atoms with Crippen LogP contribution in [0.2, 0.25) is 0 Å². The van der Waals surface area contributed by atoms with Gasteiger partial charge in [0, 0.05) is 23.9 Å². The van der Waals surface area contributed by atoms with Crippen molar-refractivity contribution in [3.05, 3.63) is 51.5 Å². The van der Waals surface area contributed by atoms with E-state index >= 15 is 0 Å². The molecule has 0 N–H and O–H groups in total. The number of hydrogen-bond acceptors (Lipinski definition) is 5. The first-order chi connectivity index (χ1) is 13.1. The van der Waals surface area contributed by atoms with Crippen LogP contribution in [0.5, 0.6) is 0 Å². The third-order valence-electron chi connectivity index (χ3n) is 4.05. The van der Waals surface area contributed by atoms with Crippen LogP contribution in [0, 0.1) is 11.6 Å². The molecule has 0 atom stereocenters. The SMILES string of the molecule is COC(=O)CCN(Cc1ccc(F)c(F)c1)C(=O)Cc1csc(C(C)(C)C)n1. The smallest absolute Gasteiger partial charge is 0.307 e. The van der Waals surface area contributed by atoms with E-state index in [0.29, 0.717) is 11.3 Å². The molecule has 1 amide bonds. The molecular formula is C20H24F2N2O3S. The highest BCUT2D eigenvalue weighted by Crippen LogP contribution is 2.26. The molecule has 2 aromatic rings. The number of hydrogen-bond donors (Lipinski definition) is 0. The Bertz CT molecular complexity index is 846. The van der Waals surface area contributed by atoms with Gasteiger partial charge in [-0.3, -0.25) is 9.59 Å². The van der Waals surface area contributed by atoms with E-state index in [0.717, 1.165) is 17.1 Å². The fourth-order valence-electron chi connectivity index (χ4n) is 2.48. The highest BCUT2D eigenvalue weighted by atomic mass is 32.1. The van der Waals surface area contributed by atoms with Gasteiger partial charge < -0.3 is 9.64 Å². The molecule has 1 aromatic carbocycles. The van der Waals surface area contributed by atoms with Crippen molar-refractivity contribution in [3.63, 3.8) is 0 Å². The van der Waals surface area contributed by atoms with Gasteiger partial charge in [0.05, 0.1) is 30.7 Å². The van der Waals surface area contributed by atoms with Crippen LogP contribution < -0.4 is 0 Å². The largest absolute Gasteiger partial charge is 0.469 e. The minimum atomic E-state index is -0.979. The Kier molecular flexibility index (Phi) is 7.23. The molecule has 0 fully saturated rings. The summed E-state index contributed by atoms with van der Waals surface area (Å²) < 4.78 is 31.3. The number of carbonyl (C=O) groups is 2. The van der Waals surface area contributed by atoms with Crippen molar-refractivity contribution in [2.24, 2.45) is 0 Å². The van der Waals surface area contributed by atoms with Crippen LogP contribution in [0.25, 0.3) is 0 Å². The maximum atomic E-state index is 13.5. The molecule has 8 heteroatoms. The van der Waals surface area contributed by atoms with Crippen molar-refractivity contribution >= 4 is 23.2 Å². The molecule has 0 saturated heterocycles. The Morgan fingerprint density at radius 1 is 1.21 bits per heavy atom. The van der Waals surface area contributed by atoms with Gasteiger partial charge in [-0.05, 0) is 17.7 Å². The maximum absolute atomic E-state index is 13.5. The van der Waals surface area contributed by atoms with Gasteiger partial charge in [0.1, 0.15) is 0 Å². The first kappa shape index (κ1) is 21.9. The van der Waals surface area contributed by atoms with E-state index in [1.165, 1.54) is 29.4 Å². The maximum Gasteiger partial charge on any atom is 0.307 e. The van der Waals surface area contributed by atoms with Crippen LogP contribution in [-0.2, 0) is 32.7 Å². The minimum Gasteiger partial charge on any atom is -0.469 e. The van der Waals surface area contributed by atoms with Crippen molar-refractivity contribution in [2.45, 2.75) is 45.6 Å². The molecule has 152 valence electrons. The van der Waals surface area contributed by atoms with Crippen LogP contribution in [0.3, 0.4) is 0 Å². The summed E-state index contributed by atoms with van der Waals surface area (Å²) in [5.41, 5.74) is 0.974. The molecule has 0 bridgehead atoms. The van der Waals surface area contributed by atoms with Gasteiger partial charge in [-0.1, -0.05) is 26.8 Å². The zero-order chi connectivity index (χ0) is 20.9. The lowest BCUT2D eigenvalue weighted by molar-refractivity contribution is -0.141. The van der Waals surface area contributed by atoms with E-state index in [2.05, 4.69) is 9.72 Å². The van der Waals surface area contributed by atoms with Gasteiger partial charge in [0.2, 0.25) is 5.91 Å². The number of amides is 1. The van der Waals surface area contributed by atoms with E-state index < -0.39 is 17.6 Å². The van der Waals surface area contributed by atoms with Crippen molar-refractivity contribution in [1.82, 2.24) is 9.88 Å². The predicted molar refractivity (Wildman–Crippen MR) is 103 cm³/mol. The number of nitrogens with zero attached hydrogens (tertiary/aromatic N) is 2. The van der Waals surface area contributed by atoms with Crippen LogP contribution in [-0.4, -0.2) is 35.4 Å². The summed E-state index contributed by atoms with van der Waals surface area (Å²) in [5, 5.41) is 2.77. The monoisotopic (exact) mass is 410 g/mol. The summed E-state index contributed by atoms with van der Waals surface area (Å²) in [6.45, 7) is 6.31. The van der Waals surface area contributed by atoms with Gasteiger partial charge in [-0.25, -0.2) is 13.8 Å². The first-order valence-corrected chi connectivity index (χ1v) is 9.71. The van der Waals surface area contributed by atoms with E-state index in [4.69, 9.17) is 0 Å². The zero-order valence-electron chi connectivity index (χ0n) is 16.4. The number of halogens is 2. The van der Waals surface area contributed by atoms with Crippen LogP contribution in [0.4, 0.5) is 8.78 Å². The molecule has 0 unspecified atom stereocenters. The van der Waals surface area contributed by atoms with E-state index in [1.54, 1.807) is 0 Å². The second kappa shape index (κ2) is 9.23. The fraction of sp³-hybridized carbons (Fsp3) is 0.450. The van der Waals surface area contributed by atoms with Gasteiger partial charge in [-0.2, -0.15) is 0 Å². The number of esters is 1. The number of benzene rings is 1. The minimum absolute atomic E-state index is 0.0101. The Labute approximate surface area is 167 Å². The number of thiazole rings is 1. The lowest BCUT2D eigenvalue weighted by Gasteiger charge is -2.22. The molecule has 1 aromatic heterocycles. The Hall–Kier alpha value is -2.35. The lowest BCUT2D eigenvalue weighted by atomic mass is 9.98. The van der Waals surface area contributed by atoms with E-state index in [-0.39, 0.29) is 37.3 Å². The quantitative estimate of drug-likeness (QED) is 0.651. The summed E-state index contributed by atoms with van der Waals surface area (Å²) in [6, 6.07) is 3.48. The average molecular weight is 410 g/mol. The molecular weight excluding hydrogens is 386 g/mol. The van der Waals surface area contributed by atoms with Gasteiger partial charge in [-0.15, -0.1) is 11.3 Å². The number of carbonyl (C=O) groups excluding carboxylic acids is 2. The summed E-state index contributed by atoms with van der Waals surface area (Å²) >= 11 is 1.49. The van der Waals surface area contributed by atoms with Crippen molar-refractivity contribution in [1.29, 1.82) is 0 Å². The number of methoxy groups -OCH3 is 1. The zero-order valence-corrected chi connectivity index (χ0v) is 17.2. The van der Waals surface area contributed by atoms with Crippen molar-refractivity contribution in [2.75, 3.05) is 13.7 Å². The van der Waals surface area contributed by atoms with Gasteiger partial charge >= 0.3 is 5.97 Å². The molecule has 0 aliphatic rings. The topological polar surface area (TPSA) is 59.5 Å². The predicted octanol–water partition coefficient (Wildman–Crippen LogP) is 3.85. The Balaban J connectivity index is 2.14. The average Bonchev–Trinajstić information content (AvgIpc) is 3.10. The van der Waals surface area contributed by atoms with E-state index in [9.17, 15) is 18.4 Å². The summed E-state index contributed by atoms with van der Waals surface area (Å²) in [6.07, 6.45) is 0.0770. The highest BCUT2D eigenvalue weighted by molar-refractivity contribution is 7.09. The number of ether oxygens (including phenoxy) is 1. The summed E-state index contributed by atoms with van der Waals surface area (Å²) in [5.74, 6) is -2.63. The second-order valence-electron chi connectivity index (χ2n) is 7.46. The van der Waals surface area contributed by atoms with Gasteiger partial charge in [0.15, 0.2) is 11.6 Å². The lowest BCUT2D eigenvalue weighted by Crippen LogP contribution is -2.34. The Morgan fingerprint density at radius 2 is 1.93 bits per heavy atom. The molecule has 1 heterocycles. The molecule has 2 rings (SSSR count). The van der Waals surface area contributed by atoms with Crippen LogP contribution in [0.15, 0.2) is 23.6 Å². The third kappa shape index (κ3) is 6.09. The molecule has 0 radical (unpaired) electrons. The second-order valence-corrected chi connectivity index (χ2v) is 8.32. The molecule has 5 nitrogen and oxygen atoms in total. The molecule has 0 aliphatic carbocycles. The standard InChI is InChI=1S/C20H24F2N2O3S/c1-20(2,3)19-23-14(12-28-19)10-17(25)24(8-7-18(26)27-4)11-13-5-6-15(21)16(22)9-13/h5-6,9,12H,7-8,10-11H2,1-4H3.